The van der Waals surface area contributed by atoms with Crippen molar-refractivity contribution in [1.82, 2.24) is 9.55 Å². The van der Waals surface area contributed by atoms with Gasteiger partial charge in [-0.3, -0.25) is 14.2 Å². The van der Waals surface area contributed by atoms with Gasteiger partial charge in [0.15, 0.2) is 5.78 Å². The highest BCUT2D eigenvalue weighted by molar-refractivity contribution is 7.18. The van der Waals surface area contributed by atoms with E-state index < -0.39 is 0 Å². The molecule has 0 saturated heterocycles. The summed E-state index contributed by atoms with van der Waals surface area (Å²) < 4.78 is 1.47. The number of ketones is 1. The first-order valence-corrected chi connectivity index (χ1v) is 10.7. The summed E-state index contributed by atoms with van der Waals surface area (Å²) >= 11 is 1.64. The molecule has 0 amide bonds. The second-order valence-corrected chi connectivity index (χ2v) is 10.0. The Balaban J connectivity index is 1.64. The molecule has 3 aromatic rings. The van der Waals surface area contributed by atoms with Gasteiger partial charge < -0.3 is 0 Å². The zero-order valence-corrected chi connectivity index (χ0v) is 17.7. The summed E-state index contributed by atoms with van der Waals surface area (Å²) in [4.78, 5) is 32.4. The summed E-state index contributed by atoms with van der Waals surface area (Å²) in [7, 11) is 0. The number of nitrogens with zero attached hydrogens (tertiary/aromatic N) is 2. The second kappa shape index (κ2) is 6.96. The quantitative estimate of drug-likeness (QED) is 0.602. The Morgan fingerprint density at radius 1 is 1.25 bits per heavy atom. The maximum absolute atomic E-state index is 13.1. The molecule has 0 radical (unpaired) electrons. The van der Waals surface area contributed by atoms with Crippen molar-refractivity contribution in [3.63, 3.8) is 0 Å². The standard InChI is InChI=1S/C23H26N2O2S/c1-14-5-10-17-19(11-14)28-21-20(17)22(27)25(13-24-21)12-18(26)15-6-8-16(9-7-15)23(2,3)4/h6-9,13-14H,5,10-12H2,1-4H3. The maximum atomic E-state index is 13.1. The number of aromatic nitrogens is 2. The molecular weight excluding hydrogens is 368 g/mol. The highest BCUT2D eigenvalue weighted by atomic mass is 32.1. The van der Waals surface area contributed by atoms with Gasteiger partial charge in [0.25, 0.3) is 5.56 Å². The van der Waals surface area contributed by atoms with E-state index in [1.165, 1.54) is 21.3 Å². The van der Waals surface area contributed by atoms with Crippen molar-refractivity contribution in [2.45, 2.75) is 58.9 Å². The molecule has 1 aromatic carbocycles. The van der Waals surface area contributed by atoms with Crippen molar-refractivity contribution in [3.8, 4) is 0 Å². The average Bonchev–Trinajstić information content (AvgIpc) is 3.01. The Morgan fingerprint density at radius 3 is 2.64 bits per heavy atom. The summed E-state index contributed by atoms with van der Waals surface area (Å²) in [6.45, 7) is 8.71. The Hall–Kier alpha value is -2.27. The molecule has 2 heterocycles. The molecule has 1 atom stereocenters. The van der Waals surface area contributed by atoms with E-state index in [0.717, 1.165) is 35.0 Å². The summed E-state index contributed by atoms with van der Waals surface area (Å²) in [6, 6.07) is 7.70. The summed E-state index contributed by atoms with van der Waals surface area (Å²) in [6.07, 6.45) is 4.58. The SMILES string of the molecule is CC1CCc2c(sc3ncn(CC(=O)c4ccc(C(C)(C)C)cc4)c(=O)c23)C1. The van der Waals surface area contributed by atoms with Gasteiger partial charge in [0.1, 0.15) is 4.83 Å². The maximum Gasteiger partial charge on any atom is 0.262 e. The van der Waals surface area contributed by atoms with Crippen LogP contribution >= 0.6 is 11.3 Å². The molecular formula is C23H26N2O2S. The highest BCUT2D eigenvalue weighted by Gasteiger charge is 2.23. The lowest BCUT2D eigenvalue weighted by Gasteiger charge is -2.19. The lowest BCUT2D eigenvalue weighted by Crippen LogP contribution is -2.25. The predicted molar refractivity (Wildman–Crippen MR) is 115 cm³/mol. The number of Topliss-reactive ketones (excluding diaryl/α,β-unsaturated/α-hetero) is 1. The Labute approximate surface area is 169 Å². The Morgan fingerprint density at radius 2 is 1.96 bits per heavy atom. The molecule has 0 fully saturated rings. The molecule has 28 heavy (non-hydrogen) atoms. The van der Waals surface area contributed by atoms with E-state index in [4.69, 9.17) is 0 Å². The Kier molecular flexibility index (Phi) is 4.74. The summed E-state index contributed by atoms with van der Waals surface area (Å²) in [5.41, 5.74) is 2.93. The molecule has 1 aliphatic carbocycles. The van der Waals surface area contributed by atoms with Crippen molar-refractivity contribution in [3.05, 3.63) is 62.5 Å². The Bertz CT molecular complexity index is 1100. The van der Waals surface area contributed by atoms with Crippen LogP contribution in [0.5, 0.6) is 0 Å². The van der Waals surface area contributed by atoms with Gasteiger partial charge in [-0.05, 0) is 41.7 Å². The van der Waals surface area contributed by atoms with E-state index in [9.17, 15) is 9.59 Å². The van der Waals surface area contributed by atoms with Crippen LogP contribution in [0.3, 0.4) is 0 Å². The molecule has 0 saturated carbocycles. The molecule has 146 valence electrons. The number of hydrogen-bond donors (Lipinski definition) is 0. The number of carbonyl (C=O) groups is 1. The fourth-order valence-electron chi connectivity index (χ4n) is 3.88. The van der Waals surface area contributed by atoms with Crippen LogP contribution in [0.4, 0.5) is 0 Å². The molecule has 2 aromatic heterocycles. The molecule has 0 spiro atoms. The van der Waals surface area contributed by atoms with Gasteiger partial charge in [-0.15, -0.1) is 11.3 Å². The lowest BCUT2D eigenvalue weighted by molar-refractivity contribution is 0.0970. The number of carbonyl (C=O) groups excluding carboxylic acids is 1. The molecule has 0 N–H and O–H groups in total. The zero-order chi connectivity index (χ0) is 20.1. The topological polar surface area (TPSA) is 52.0 Å². The van der Waals surface area contributed by atoms with Gasteiger partial charge in [-0.25, -0.2) is 4.98 Å². The predicted octanol–water partition coefficient (Wildman–Crippen LogP) is 4.76. The fraction of sp³-hybridized carbons (Fsp3) is 0.435. The minimum Gasteiger partial charge on any atom is -0.292 e. The third kappa shape index (κ3) is 3.44. The molecule has 0 bridgehead atoms. The summed E-state index contributed by atoms with van der Waals surface area (Å²) in [5.74, 6) is 0.585. The lowest BCUT2D eigenvalue weighted by atomic mass is 9.86. The van der Waals surface area contributed by atoms with E-state index >= 15 is 0 Å². The number of rotatable bonds is 3. The van der Waals surface area contributed by atoms with E-state index in [0.29, 0.717) is 11.5 Å². The average molecular weight is 395 g/mol. The van der Waals surface area contributed by atoms with Crippen LogP contribution in [0.2, 0.25) is 0 Å². The minimum atomic E-state index is -0.0864. The number of benzene rings is 1. The molecule has 1 aliphatic rings. The third-order valence-corrected chi connectivity index (χ3v) is 6.83. The number of fused-ring (bicyclic) bond motifs is 3. The number of thiophene rings is 1. The zero-order valence-electron chi connectivity index (χ0n) is 16.9. The van der Waals surface area contributed by atoms with Gasteiger partial charge in [0, 0.05) is 10.4 Å². The fourth-order valence-corrected chi connectivity index (χ4v) is 5.22. The van der Waals surface area contributed by atoms with E-state index in [2.05, 4.69) is 32.7 Å². The van der Waals surface area contributed by atoms with Gasteiger partial charge >= 0.3 is 0 Å². The van der Waals surface area contributed by atoms with Crippen LogP contribution < -0.4 is 5.56 Å². The van der Waals surface area contributed by atoms with Gasteiger partial charge in [0.2, 0.25) is 0 Å². The van der Waals surface area contributed by atoms with Crippen molar-refractivity contribution in [2.24, 2.45) is 5.92 Å². The van der Waals surface area contributed by atoms with Crippen molar-refractivity contribution >= 4 is 27.3 Å². The summed E-state index contributed by atoms with van der Waals surface area (Å²) in [5, 5.41) is 0.727. The van der Waals surface area contributed by atoms with Crippen molar-refractivity contribution in [2.75, 3.05) is 0 Å². The van der Waals surface area contributed by atoms with Crippen molar-refractivity contribution in [1.29, 1.82) is 0 Å². The first kappa shape index (κ1) is 19.1. The molecule has 1 unspecified atom stereocenters. The molecule has 4 nitrogen and oxygen atoms in total. The van der Waals surface area contributed by atoms with E-state index in [1.54, 1.807) is 11.3 Å². The van der Waals surface area contributed by atoms with Crippen molar-refractivity contribution < 1.29 is 4.79 Å². The van der Waals surface area contributed by atoms with Crippen LogP contribution in [-0.2, 0) is 24.8 Å². The van der Waals surface area contributed by atoms with Crippen LogP contribution in [0.25, 0.3) is 10.2 Å². The van der Waals surface area contributed by atoms with E-state index in [1.807, 2.05) is 24.3 Å². The van der Waals surface area contributed by atoms with Crippen LogP contribution in [0, 0.1) is 5.92 Å². The largest absolute Gasteiger partial charge is 0.292 e. The van der Waals surface area contributed by atoms with Gasteiger partial charge in [-0.1, -0.05) is 52.0 Å². The number of aryl methyl sites for hydroxylation is 1. The van der Waals surface area contributed by atoms with Crippen LogP contribution in [0.1, 0.15) is 60.5 Å². The molecule has 5 heteroatoms. The minimum absolute atomic E-state index is 0.0255. The first-order chi connectivity index (χ1) is 13.2. The highest BCUT2D eigenvalue weighted by Crippen LogP contribution is 2.35. The monoisotopic (exact) mass is 394 g/mol. The van der Waals surface area contributed by atoms with Crippen LogP contribution in [-0.4, -0.2) is 15.3 Å². The van der Waals surface area contributed by atoms with Crippen LogP contribution in [0.15, 0.2) is 35.4 Å². The molecule has 0 aliphatic heterocycles. The normalized spacial score (nSPS) is 16.9. The number of hydrogen-bond acceptors (Lipinski definition) is 4. The third-order valence-electron chi connectivity index (χ3n) is 5.67. The van der Waals surface area contributed by atoms with Gasteiger partial charge in [-0.2, -0.15) is 0 Å². The van der Waals surface area contributed by atoms with Gasteiger partial charge in [0.05, 0.1) is 18.3 Å². The smallest absolute Gasteiger partial charge is 0.262 e. The first-order valence-electron chi connectivity index (χ1n) is 9.87. The second-order valence-electron chi connectivity index (χ2n) is 8.96. The van der Waals surface area contributed by atoms with E-state index in [-0.39, 0.29) is 23.3 Å². The molecule has 4 rings (SSSR count).